The molecule has 1 amide bonds. The van der Waals surface area contributed by atoms with Gasteiger partial charge in [0.05, 0.1) is 10.6 Å². The number of aromatic nitrogens is 2. The minimum absolute atomic E-state index is 0.114. The predicted octanol–water partition coefficient (Wildman–Crippen LogP) is 1.76. The van der Waals surface area contributed by atoms with Crippen LogP contribution in [0.5, 0.6) is 0 Å². The molecule has 1 atom stereocenters. The summed E-state index contributed by atoms with van der Waals surface area (Å²) >= 11 is 1.66. The highest BCUT2D eigenvalue weighted by atomic mass is 32.1. The van der Waals surface area contributed by atoms with Gasteiger partial charge in [-0.25, -0.2) is 0 Å². The Morgan fingerprint density at radius 1 is 1.63 bits per heavy atom. The summed E-state index contributed by atoms with van der Waals surface area (Å²) in [5.74, 6) is 1.10. The molecule has 3 N–H and O–H groups in total. The highest BCUT2D eigenvalue weighted by Gasteiger charge is 2.32. The van der Waals surface area contributed by atoms with Gasteiger partial charge in [-0.3, -0.25) is 14.8 Å². The number of carbonyl (C=O) groups excluding carboxylic acids is 1. The highest BCUT2D eigenvalue weighted by molar-refractivity contribution is 7.13. The topological polar surface area (TPSA) is 75.0 Å². The van der Waals surface area contributed by atoms with Crippen LogP contribution in [0.1, 0.15) is 12.0 Å². The van der Waals surface area contributed by atoms with Gasteiger partial charge >= 0.3 is 0 Å². The van der Waals surface area contributed by atoms with Crippen LogP contribution in [-0.4, -0.2) is 29.2 Å². The van der Waals surface area contributed by atoms with Crippen molar-refractivity contribution in [3.63, 3.8) is 0 Å². The third-order valence-corrected chi connectivity index (χ3v) is 4.43. The third kappa shape index (κ3) is 2.06. The third-order valence-electron chi connectivity index (χ3n) is 3.55. The molecule has 0 radical (unpaired) electrons. The van der Waals surface area contributed by atoms with Gasteiger partial charge in [0, 0.05) is 18.5 Å². The average Bonchev–Trinajstić information content (AvgIpc) is 3.09. The SMILES string of the molecule is Cc1c(N2CC(CN)CC2=O)n[nH]c1-c1cccs1. The largest absolute Gasteiger partial charge is 0.330 e. The lowest BCUT2D eigenvalue weighted by Gasteiger charge is -2.14. The lowest BCUT2D eigenvalue weighted by atomic mass is 10.1. The summed E-state index contributed by atoms with van der Waals surface area (Å²) in [6, 6.07) is 4.05. The van der Waals surface area contributed by atoms with E-state index in [1.807, 2.05) is 24.4 Å². The number of amides is 1. The normalized spacial score (nSPS) is 19.4. The highest BCUT2D eigenvalue weighted by Crippen LogP contribution is 2.33. The minimum atomic E-state index is 0.114. The van der Waals surface area contributed by atoms with Crippen LogP contribution in [0.15, 0.2) is 17.5 Å². The summed E-state index contributed by atoms with van der Waals surface area (Å²) in [6.07, 6.45) is 0.525. The smallest absolute Gasteiger partial charge is 0.228 e. The zero-order chi connectivity index (χ0) is 13.4. The van der Waals surface area contributed by atoms with Gasteiger partial charge < -0.3 is 5.73 Å². The van der Waals surface area contributed by atoms with Crippen molar-refractivity contribution in [2.24, 2.45) is 11.7 Å². The second-order valence-electron chi connectivity index (χ2n) is 4.83. The van der Waals surface area contributed by atoms with Gasteiger partial charge in [-0.2, -0.15) is 5.10 Å². The van der Waals surface area contributed by atoms with Gasteiger partial charge in [0.25, 0.3) is 0 Å². The van der Waals surface area contributed by atoms with Gasteiger partial charge in [0.15, 0.2) is 5.82 Å². The molecule has 19 heavy (non-hydrogen) atoms. The van der Waals surface area contributed by atoms with Crippen molar-refractivity contribution >= 4 is 23.1 Å². The van der Waals surface area contributed by atoms with Crippen LogP contribution in [0.3, 0.4) is 0 Å². The summed E-state index contributed by atoms with van der Waals surface area (Å²) in [5.41, 5.74) is 7.67. The van der Waals surface area contributed by atoms with Crippen LogP contribution in [0.2, 0.25) is 0 Å². The molecule has 2 aromatic heterocycles. The Morgan fingerprint density at radius 2 is 2.47 bits per heavy atom. The molecule has 6 heteroatoms. The summed E-state index contributed by atoms with van der Waals surface area (Å²) in [7, 11) is 0. The van der Waals surface area contributed by atoms with E-state index in [1.165, 1.54) is 0 Å². The van der Waals surface area contributed by atoms with E-state index in [-0.39, 0.29) is 11.8 Å². The number of anilines is 1. The first kappa shape index (κ1) is 12.4. The van der Waals surface area contributed by atoms with Crippen molar-refractivity contribution in [1.82, 2.24) is 10.2 Å². The first-order valence-corrected chi connectivity index (χ1v) is 7.18. The summed E-state index contributed by atoms with van der Waals surface area (Å²) in [6.45, 7) is 3.21. The molecule has 0 aliphatic carbocycles. The fourth-order valence-electron chi connectivity index (χ4n) is 2.46. The van der Waals surface area contributed by atoms with E-state index >= 15 is 0 Å². The molecule has 3 heterocycles. The molecular formula is C13H16N4OS. The molecule has 100 valence electrons. The molecule has 5 nitrogen and oxygen atoms in total. The van der Waals surface area contributed by atoms with Gasteiger partial charge in [-0.15, -0.1) is 11.3 Å². The first-order valence-electron chi connectivity index (χ1n) is 6.30. The zero-order valence-electron chi connectivity index (χ0n) is 10.7. The lowest BCUT2D eigenvalue weighted by Crippen LogP contribution is -2.26. The van der Waals surface area contributed by atoms with Gasteiger partial charge in [-0.05, 0) is 30.8 Å². The minimum Gasteiger partial charge on any atom is -0.330 e. The molecule has 3 rings (SSSR count). The quantitative estimate of drug-likeness (QED) is 0.897. The van der Waals surface area contributed by atoms with E-state index in [0.717, 1.165) is 22.0 Å². The second-order valence-corrected chi connectivity index (χ2v) is 5.78. The van der Waals surface area contributed by atoms with E-state index in [1.54, 1.807) is 16.2 Å². The Labute approximate surface area is 115 Å². The summed E-state index contributed by atoms with van der Waals surface area (Å²) in [5, 5.41) is 9.39. The van der Waals surface area contributed by atoms with E-state index in [0.29, 0.717) is 19.5 Å². The second kappa shape index (κ2) is 4.79. The Morgan fingerprint density at radius 3 is 3.11 bits per heavy atom. The molecule has 2 aromatic rings. The standard InChI is InChI=1S/C13H16N4OS/c1-8-12(10-3-2-4-19-10)15-16-13(8)17-7-9(6-14)5-11(17)18/h2-4,9H,5-7,14H2,1H3,(H,15,16). The van der Waals surface area contributed by atoms with Gasteiger partial charge in [-0.1, -0.05) is 6.07 Å². The van der Waals surface area contributed by atoms with E-state index in [9.17, 15) is 4.79 Å². The maximum absolute atomic E-state index is 12.0. The molecule has 0 aromatic carbocycles. The number of H-pyrrole nitrogens is 1. The lowest BCUT2D eigenvalue weighted by molar-refractivity contribution is -0.117. The maximum atomic E-state index is 12.0. The van der Waals surface area contributed by atoms with Crippen LogP contribution in [0.4, 0.5) is 5.82 Å². The number of rotatable bonds is 3. The summed E-state index contributed by atoms with van der Waals surface area (Å²) < 4.78 is 0. The fraction of sp³-hybridized carbons (Fsp3) is 0.385. The fourth-order valence-corrected chi connectivity index (χ4v) is 3.23. The number of hydrogen-bond acceptors (Lipinski definition) is 4. The predicted molar refractivity (Wildman–Crippen MR) is 76.2 cm³/mol. The van der Waals surface area contributed by atoms with E-state index < -0.39 is 0 Å². The Balaban J connectivity index is 1.93. The van der Waals surface area contributed by atoms with Crippen LogP contribution in [-0.2, 0) is 4.79 Å². The number of carbonyl (C=O) groups is 1. The first-order chi connectivity index (χ1) is 9.20. The molecule has 1 aliphatic rings. The molecule has 0 bridgehead atoms. The zero-order valence-corrected chi connectivity index (χ0v) is 11.5. The Hall–Kier alpha value is -1.66. The number of hydrogen-bond donors (Lipinski definition) is 2. The van der Waals surface area contributed by atoms with Crippen LogP contribution < -0.4 is 10.6 Å². The number of nitrogens with one attached hydrogen (secondary N) is 1. The molecule has 1 unspecified atom stereocenters. The van der Waals surface area contributed by atoms with Crippen molar-refractivity contribution in [3.8, 4) is 10.6 Å². The van der Waals surface area contributed by atoms with E-state index in [2.05, 4.69) is 10.2 Å². The molecular weight excluding hydrogens is 260 g/mol. The van der Waals surface area contributed by atoms with Crippen LogP contribution in [0.25, 0.3) is 10.6 Å². The van der Waals surface area contributed by atoms with Crippen molar-refractivity contribution in [1.29, 1.82) is 0 Å². The maximum Gasteiger partial charge on any atom is 0.228 e. The molecule has 0 spiro atoms. The molecule has 1 saturated heterocycles. The monoisotopic (exact) mass is 276 g/mol. The van der Waals surface area contributed by atoms with Gasteiger partial charge in [0.1, 0.15) is 0 Å². The van der Waals surface area contributed by atoms with Crippen LogP contribution in [0, 0.1) is 12.8 Å². The van der Waals surface area contributed by atoms with Crippen molar-refractivity contribution in [2.75, 3.05) is 18.0 Å². The number of nitrogens with two attached hydrogens (primary N) is 1. The molecule has 1 aliphatic heterocycles. The van der Waals surface area contributed by atoms with E-state index in [4.69, 9.17) is 5.73 Å². The van der Waals surface area contributed by atoms with Crippen molar-refractivity contribution in [2.45, 2.75) is 13.3 Å². The van der Waals surface area contributed by atoms with Crippen molar-refractivity contribution < 1.29 is 4.79 Å². The molecule has 0 saturated carbocycles. The van der Waals surface area contributed by atoms with Crippen molar-refractivity contribution in [3.05, 3.63) is 23.1 Å². The number of aromatic amines is 1. The van der Waals surface area contributed by atoms with Crippen LogP contribution >= 0.6 is 11.3 Å². The Kier molecular flexibility index (Phi) is 3.12. The number of nitrogens with zero attached hydrogens (tertiary/aromatic N) is 2. The van der Waals surface area contributed by atoms with Gasteiger partial charge in [0.2, 0.25) is 5.91 Å². The molecule has 1 fully saturated rings. The number of thiophene rings is 1. The average molecular weight is 276 g/mol. The summed E-state index contributed by atoms with van der Waals surface area (Å²) in [4.78, 5) is 14.9. The Bertz CT molecular complexity index is 590.